The molecule has 0 heterocycles. The van der Waals surface area contributed by atoms with Crippen molar-refractivity contribution in [2.24, 2.45) is 0 Å². The Morgan fingerprint density at radius 2 is 1.80 bits per heavy atom. The van der Waals surface area contributed by atoms with Crippen LogP contribution in [0.25, 0.3) is 0 Å². The van der Waals surface area contributed by atoms with Crippen molar-refractivity contribution in [2.75, 3.05) is 0 Å². The first-order valence-electron chi connectivity index (χ1n) is 3.78. The van der Waals surface area contributed by atoms with E-state index in [9.17, 15) is 21.6 Å². The molecule has 0 saturated carbocycles. The standard InChI is InChI=1S/C8H7F3O3S/c1-5-2-3-6(8(9,10)11)4-7(5)15(12,13)14/h2-4H,1H3,(H,12,13,14). The van der Waals surface area contributed by atoms with Gasteiger partial charge in [-0.25, -0.2) is 0 Å². The van der Waals surface area contributed by atoms with Gasteiger partial charge in [0, 0.05) is 0 Å². The van der Waals surface area contributed by atoms with E-state index in [0.29, 0.717) is 6.07 Å². The summed E-state index contributed by atoms with van der Waals surface area (Å²) in [6.45, 7) is 1.29. The van der Waals surface area contributed by atoms with E-state index in [0.717, 1.165) is 12.1 Å². The molecule has 0 fully saturated rings. The van der Waals surface area contributed by atoms with Crippen LogP contribution in [0.5, 0.6) is 0 Å². The molecule has 7 heteroatoms. The molecule has 1 N–H and O–H groups in total. The van der Waals surface area contributed by atoms with Gasteiger partial charge in [-0.2, -0.15) is 21.6 Å². The van der Waals surface area contributed by atoms with Crippen LogP contribution in [0.2, 0.25) is 0 Å². The number of benzene rings is 1. The Hall–Kier alpha value is -1.08. The number of hydrogen-bond acceptors (Lipinski definition) is 2. The van der Waals surface area contributed by atoms with Crippen molar-refractivity contribution in [2.45, 2.75) is 18.0 Å². The zero-order valence-corrected chi connectivity index (χ0v) is 8.35. The predicted molar refractivity (Wildman–Crippen MR) is 46.0 cm³/mol. The first-order valence-corrected chi connectivity index (χ1v) is 5.22. The molecule has 1 rings (SSSR count). The molecule has 3 nitrogen and oxygen atoms in total. The summed E-state index contributed by atoms with van der Waals surface area (Å²) in [5.41, 5.74) is -1.05. The fourth-order valence-electron chi connectivity index (χ4n) is 1.05. The molecule has 1 aromatic carbocycles. The Bertz CT molecular complexity index is 476. The Balaban J connectivity index is 3.43. The van der Waals surface area contributed by atoms with E-state index in [1.54, 1.807) is 0 Å². The third-order valence-corrected chi connectivity index (χ3v) is 2.79. The summed E-state index contributed by atoms with van der Waals surface area (Å²) in [4.78, 5) is -0.725. The van der Waals surface area contributed by atoms with Crippen LogP contribution in [-0.2, 0) is 16.3 Å². The molecule has 15 heavy (non-hydrogen) atoms. The lowest BCUT2D eigenvalue weighted by atomic mass is 10.1. The largest absolute Gasteiger partial charge is 0.416 e. The minimum Gasteiger partial charge on any atom is -0.282 e. The van der Waals surface area contributed by atoms with Crippen molar-refractivity contribution >= 4 is 10.1 Å². The van der Waals surface area contributed by atoms with Gasteiger partial charge in [-0.15, -0.1) is 0 Å². The zero-order chi connectivity index (χ0) is 11.9. The summed E-state index contributed by atoms with van der Waals surface area (Å²) in [6, 6.07) is 2.15. The molecule has 84 valence electrons. The van der Waals surface area contributed by atoms with Crippen molar-refractivity contribution in [3.63, 3.8) is 0 Å². The molecule has 0 saturated heterocycles. The summed E-state index contributed by atoms with van der Waals surface area (Å²) >= 11 is 0. The summed E-state index contributed by atoms with van der Waals surface area (Å²) < 4.78 is 66.7. The highest BCUT2D eigenvalue weighted by molar-refractivity contribution is 7.85. The van der Waals surface area contributed by atoms with Crippen LogP contribution < -0.4 is 0 Å². The SMILES string of the molecule is Cc1ccc(C(F)(F)F)cc1S(=O)(=O)O. The summed E-state index contributed by atoms with van der Waals surface area (Å²) in [5.74, 6) is 0. The van der Waals surface area contributed by atoms with E-state index in [4.69, 9.17) is 4.55 Å². The van der Waals surface area contributed by atoms with Gasteiger partial charge in [0.15, 0.2) is 0 Å². The highest BCUT2D eigenvalue weighted by Gasteiger charge is 2.32. The second-order valence-electron chi connectivity index (χ2n) is 2.95. The topological polar surface area (TPSA) is 54.4 Å². The summed E-state index contributed by atoms with van der Waals surface area (Å²) in [5, 5.41) is 0. The van der Waals surface area contributed by atoms with Crippen molar-refractivity contribution in [1.29, 1.82) is 0 Å². The van der Waals surface area contributed by atoms with Crippen LogP contribution in [0.4, 0.5) is 13.2 Å². The van der Waals surface area contributed by atoms with Gasteiger partial charge < -0.3 is 0 Å². The molecule has 0 aliphatic carbocycles. The average Bonchev–Trinajstić information content (AvgIpc) is 2.00. The second kappa shape index (κ2) is 3.49. The average molecular weight is 240 g/mol. The third-order valence-electron chi connectivity index (χ3n) is 1.79. The molecule has 0 aliphatic rings. The van der Waals surface area contributed by atoms with Gasteiger partial charge in [0.2, 0.25) is 0 Å². The zero-order valence-electron chi connectivity index (χ0n) is 7.54. The molecule has 0 aliphatic heterocycles. The maximum Gasteiger partial charge on any atom is 0.416 e. The second-order valence-corrected chi connectivity index (χ2v) is 4.34. The lowest BCUT2D eigenvalue weighted by molar-refractivity contribution is -0.137. The smallest absolute Gasteiger partial charge is 0.282 e. The molecular formula is C8H7F3O3S. The Morgan fingerprint density at radius 3 is 2.20 bits per heavy atom. The lowest BCUT2D eigenvalue weighted by Gasteiger charge is -2.09. The van der Waals surface area contributed by atoms with Crippen molar-refractivity contribution in [3.8, 4) is 0 Å². The number of aryl methyl sites for hydroxylation is 1. The first-order chi connectivity index (χ1) is 6.62. The van der Waals surface area contributed by atoms with Crippen molar-refractivity contribution < 1.29 is 26.1 Å². The number of rotatable bonds is 1. The summed E-state index contributed by atoms with van der Waals surface area (Å²) in [6.07, 6.45) is -4.63. The van der Waals surface area contributed by atoms with Crippen LogP contribution in [0.1, 0.15) is 11.1 Å². The van der Waals surface area contributed by atoms with Crippen LogP contribution in [-0.4, -0.2) is 13.0 Å². The van der Waals surface area contributed by atoms with E-state index >= 15 is 0 Å². The minimum absolute atomic E-state index is 0.0606. The molecule has 0 radical (unpaired) electrons. The first kappa shape index (κ1) is 12.0. The van der Waals surface area contributed by atoms with Gasteiger partial charge >= 0.3 is 6.18 Å². The van der Waals surface area contributed by atoms with E-state index in [-0.39, 0.29) is 5.56 Å². The molecule has 0 unspecified atom stereocenters. The van der Waals surface area contributed by atoms with Gasteiger partial charge in [-0.05, 0) is 24.6 Å². The minimum atomic E-state index is -4.63. The fraction of sp³-hybridized carbons (Fsp3) is 0.250. The predicted octanol–water partition coefficient (Wildman–Crippen LogP) is 2.26. The Kier molecular flexibility index (Phi) is 2.79. The van der Waals surface area contributed by atoms with Crippen LogP contribution in [0, 0.1) is 6.92 Å². The van der Waals surface area contributed by atoms with Gasteiger partial charge in [0.05, 0.1) is 10.5 Å². The molecule has 0 bridgehead atoms. The van der Waals surface area contributed by atoms with E-state index < -0.39 is 26.8 Å². The third kappa shape index (κ3) is 2.69. The normalized spacial score (nSPS) is 12.9. The monoisotopic (exact) mass is 240 g/mol. The molecule has 0 aromatic heterocycles. The maximum atomic E-state index is 12.2. The van der Waals surface area contributed by atoms with E-state index in [1.807, 2.05) is 0 Å². The molecule has 0 atom stereocenters. The van der Waals surface area contributed by atoms with Gasteiger partial charge in [0.1, 0.15) is 0 Å². The molecule has 0 spiro atoms. The molecule has 1 aromatic rings. The highest BCUT2D eigenvalue weighted by atomic mass is 32.2. The van der Waals surface area contributed by atoms with Gasteiger partial charge in [-0.1, -0.05) is 6.07 Å². The fourth-order valence-corrected chi connectivity index (χ4v) is 1.81. The maximum absolute atomic E-state index is 12.2. The van der Waals surface area contributed by atoms with E-state index in [2.05, 4.69) is 0 Å². The summed E-state index contributed by atoms with van der Waals surface area (Å²) in [7, 11) is -4.62. The lowest BCUT2D eigenvalue weighted by Crippen LogP contribution is -2.08. The van der Waals surface area contributed by atoms with Crippen LogP contribution in [0.15, 0.2) is 23.1 Å². The Morgan fingerprint density at radius 1 is 1.27 bits per heavy atom. The Labute approximate surface area is 84.3 Å². The number of halogens is 3. The van der Waals surface area contributed by atoms with Gasteiger partial charge in [0.25, 0.3) is 10.1 Å². The van der Waals surface area contributed by atoms with Crippen LogP contribution in [0.3, 0.4) is 0 Å². The van der Waals surface area contributed by atoms with Crippen molar-refractivity contribution in [1.82, 2.24) is 0 Å². The number of alkyl halides is 3. The van der Waals surface area contributed by atoms with Gasteiger partial charge in [-0.3, -0.25) is 4.55 Å². The molecular weight excluding hydrogens is 233 g/mol. The highest BCUT2D eigenvalue weighted by Crippen LogP contribution is 2.31. The molecule has 0 amide bonds. The number of hydrogen-bond donors (Lipinski definition) is 1. The van der Waals surface area contributed by atoms with E-state index in [1.165, 1.54) is 6.92 Å². The van der Waals surface area contributed by atoms with Crippen LogP contribution >= 0.6 is 0 Å². The van der Waals surface area contributed by atoms with Crippen molar-refractivity contribution in [3.05, 3.63) is 29.3 Å². The quantitative estimate of drug-likeness (QED) is 0.766.